The first kappa shape index (κ1) is 18.1. The number of carbonyl (C=O) groups is 4. The smallest absolute Gasteiger partial charge is 0.335 e. The summed E-state index contributed by atoms with van der Waals surface area (Å²) in [5, 5.41) is 11.1. The molecule has 0 unspecified atom stereocenters. The molecule has 7 heteroatoms. The maximum Gasteiger partial charge on any atom is 0.335 e. The Labute approximate surface area is 154 Å². The molecule has 0 atom stereocenters. The number of barbiturate groups is 1. The third-order valence-electron chi connectivity index (χ3n) is 4.17. The standard InChI is InChI=1S/C20H16N2O5/c1-2-12-5-9-15(10-6-12)22-18(24)16(17(23)21-20(22)27)11-13-3-7-14(8-4-13)19(25)26/h3-11H,2H2,1H3,(H,25,26)(H,21,23,27)/b16-11-. The summed E-state index contributed by atoms with van der Waals surface area (Å²) in [6.07, 6.45) is 2.14. The van der Waals surface area contributed by atoms with Gasteiger partial charge in [0.2, 0.25) is 0 Å². The summed E-state index contributed by atoms with van der Waals surface area (Å²) in [7, 11) is 0. The molecule has 0 saturated carbocycles. The van der Waals surface area contributed by atoms with Crippen molar-refractivity contribution in [1.82, 2.24) is 5.32 Å². The van der Waals surface area contributed by atoms with Crippen LogP contribution in [-0.2, 0) is 16.0 Å². The van der Waals surface area contributed by atoms with Gasteiger partial charge in [-0.05, 0) is 47.9 Å². The number of aryl methyl sites for hydroxylation is 1. The van der Waals surface area contributed by atoms with Crippen LogP contribution in [0.2, 0.25) is 0 Å². The van der Waals surface area contributed by atoms with E-state index in [-0.39, 0.29) is 11.1 Å². The number of carbonyl (C=O) groups excluding carboxylic acids is 3. The number of nitrogens with one attached hydrogen (secondary N) is 1. The molecule has 0 spiro atoms. The van der Waals surface area contributed by atoms with E-state index in [4.69, 9.17) is 5.11 Å². The summed E-state index contributed by atoms with van der Waals surface area (Å²) in [5.41, 5.74) is 1.75. The number of rotatable bonds is 4. The zero-order chi connectivity index (χ0) is 19.6. The van der Waals surface area contributed by atoms with Crippen molar-refractivity contribution in [1.29, 1.82) is 0 Å². The van der Waals surface area contributed by atoms with Gasteiger partial charge in [0.1, 0.15) is 5.57 Å². The molecule has 1 heterocycles. The molecule has 2 N–H and O–H groups in total. The number of nitrogens with zero attached hydrogens (tertiary/aromatic N) is 1. The van der Waals surface area contributed by atoms with Gasteiger partial charge in [0.25, 0.3) is 11.8 Å². The highest BCUT2D eigenvalue weighted by atomic mass is 16.4. The molecular formula is C20H16N2O5. The molecule has 27 heavy (non-hydrogen) atoms. The third kappa shape index (κ3) is 3.62. The Hall–Kier alpha value is -3.74. The van der Waals surface area contributed by atoms with Gasteiger partial charge in [-0.3, -0.25) is 14.9 Å². The molecule has 3 rings (SSSR count). The molecule has 1 saturated heterocycles. The van der Waals surface area contributed by atoms with Crippen LogP contribution in [0.3, 0.4) is 0 Å². The predicted molar refractivity (Wildman–Crippen MR) is 98.2 cm³/mol. The van der Waals surface area contributed by atoms with Crippen LogP contribution in [-0.4, -0.2) is 28.9 Å². The summed E-state index contributed by atoms with van der Waals surface area (Å²) in [4.78, 5) is 48.9. The molecule has 0 radical (unpaired) electrons. The first-order valence-corrected chi connectivity index (χ1v) is 8.24. The molecular weight excluding hydrogens is 348 g/mol. The predicted octanol–water partition coefficient (Wildman–Crippen LogP) is 2.61. The van der Waals surface area contributed by atoms with Crippen LogP contribution in [0.5, 0.6) is 0 Å². The number of urea groups is 1. The number of benzene rings is 2. The summed E-state index contributed by atoms with van der Waals surface area (Å²) in [6.45, 7) is 1.99. The fraction of sp³-hybridized carbons (Fsp3) is 0.100. The van der Waals surface area contributed by atoms with Crippen LogP contribution in [0, 0.1) is 0 Å². The average molecular weight is 364 g/mol. The van der Waals surface area contributed by atoms with Crippen molar-refractivity contribution < 1.29 is 24.3 Å². The number of carboxylic acid groups (broad SMARTS) is 1. The molecule has 7 nitrogen and oxygen atoms in total. The number of anilines is 1. The molecule has 2 aromatic carbocycles. The summed E-state index contributed by atoms with van der Waals surface area (Å²) < 4.78 is 0. The molecule has 0 aliphatic carbocycles. The quantitative estimate of drug-likeness (QED) is 0.641. The van der Waals surface area contributed by atoms with Gasteiger partial charge in [-0.25, -0.2) is 14.5 Å². The Balaban J connectivity index is 1.95. The maximum absolute atomic E-state index is 12.8. The second-order valence-corrected chi connectivity index (χ2v) is 5.91. The van der Waals surface area contributed by atoms with E-state index in [1.807, 2.05) is 6.92 Å². The molecule has 4 amide bonds. The van der Waals surface area contributed by atoms with Crippen LogP contribution in [0.25, 0.3) is 6.08 Å². The van der Waals surface area contributed by atoms with Gasteiger partial charge in [-0.2, -0.15) is 0 Å². The monoisotopic (exact) mass is 364 g/mol. The van der Waals surface area contributed by atoms with Gasteiger partial charge in [-0.15, -0.1) is 0 Å². The van der Waals surface area contributed by atoms with E-state index in [1.54, 1.807) is 24.3 Å². The van der Waals surface area contributed by atoms with Crippen molar-refractivity contribution in [2.75, 3.05) is 4.90 Å². The second kappa shape index (κ2) is 7.25. The molecule has 1 aliphatic heterocycles. The lowest BCUT2D eigenvalue weighted by molar-refractivity contribution is -0.122. The van der Waals surface area contributed by atoms with Crippen molar-refractivity contribution in [2.45, 2.75) is 13.3 Å². The van der Waals surface area contributed by atoms with Crippen LogP contribution in [0.1, 0.15) is 28.4 Å². The molecule has 0 bridgehead atoms. The van der Waals surface area contributed by atoms with E-state index < -0.39 is 23.8 Å². The molecule has 0 aromatic heterocycles. The number of carboxylic acids is 1. The molecule has 2 aromatic rings. The van der Waals surface area contributed by atoms with Gasteiger partial charge in [0.05, 0.1) is 11.3 Å². The lowest BCUT2D eigenvalue weighted by Crippen LogP contribution is -2.54. The number of hydrogen-bond acceptors (Lipinski definition) is 4. The Morgan fingerprint density at radius 3 is 2.22 bits per heavy atom. The van der Waals surface area contributed by atoms with Crippen molar-refractivity contribution in [3.8, 4) is 0 Å². The molecule has 1 aliphatic rings. The van der Waals surface area contributed by atoms with E-state index in [0.29, 0.717) is 11.3 Å². The lowest BCUT2D eigenvalue weighted by Gasteiger charge is -2.26. The maximum atomic E-state index is 12.8. The highest BCUT2D eigenvalue weighted by molar-refractivity contribution is 6.39. The number of aromatic carboxylic acids is 1. The van der Waals surface area contributed by atoms with Crippen LogP contribution < -0.4 is 10.2 Å². The second-order valence-electron chi connectivity index (χ2n) is 5.91. The van der Waals surface area contributed by atoms with Crippen LogP contribution in [0.15, 0.2) is 54.1 Å². The zero-order valence-corrected chi connectivity index (χ0v) is 14.4. The Morgan fingerprint density at radius 1 is 1.04 bits per heavy atom. The number of imide groups is 2. The Morgan fingerprint density at radius 2 is 1.67 bits per heavy atom. The van der Waals surface area contributed by atoms with Gasteiger partial charge < -0.3 is 5.11 Å². The summed E-state index contributed by atoms with van der Waals surface area (Å²) in [6, 6.07) is 11.8. The fourth-order valence-corrected chi connectivity index (χ4v) is 2.66. The van der Waals surface area contributed by atoms with E-state index in [1.165, 1.54) is 30.3 Å². The summed E-state index contributed by atoms with van der Waals surface area (Å²) >= 11 is 0. The van der Waals surface area contributed by atoms with Crippen molar-refractivity contribution in [3.05, 3.63) is 70.8 Å². The third-order valence-corrected chi connectivity index (χ3v) is 4.17. The zero-order valence-electron chi connectivity index (χ0n) is 14.4. The van der Waals surface area contributed by atoms with Gasteiger partial charge in [0.15, 0.2) is 0 Å². The Bertz CT molecular complexity index is 959. The molecule has 136 valence electrons. The first-order valence-electron chi connectivity index (χ1n) is 8.24. The van der Waals surface area contributed by atoms with Crippen molar-refractivity contribution >= 4 is 35.6 Å². The largest absolute Gasteiger partial charge is 0.478 e. The van der Waals surface area contributed by atoms with Gasteiger partial charge in [0, 0.05) is 0 Å². The minimum absolute atomic E-state index is 0.0874. The van der Waals surface area contributed by atoms with Crippen molar-refractivity contribution in [2.24, 2.45) is 0 Å². The normalized spacial score (nSPS) is 15.8. The topological polar surface area (TPSA) is 104 Å². The van der Waals surface area contributed by atoms with Gasteiger partial charge >= 0.3 is 12.0 Å². The van der Waals surface area contributed by atoms with Crippen LogP contribution in [0.4, 0.5) is 10.5 Å². The number of hydrogen-bond donors (Lipinski definition) is 2. The lowest BCUT2D eigenvalue weighted by atomic mass is 10.0. The SMILES string of the molecule is CCc1ccc(N2C(=O)NC(=O)/C(=C/c3ccc(C(=O)O)cc3)C2=O)cc1. The van der Waals surface area contributed by atoms with E-state index in [0.717, 1.165) is 16.9 Å². The first-order chi connectivity index (χ1) is 12.9. The average Bonchev–Trinajstić information content (AvgIpc) is 2.66. The van der Waals surface area contributed by atoms with E-state index in [2.05, 4.69) is 5.32 Å². The van der Waals surface area contributed by atoms with Crippen LogP contribution >= 0.6 is 0 Å². The molecule has 1 fully saturated rings. The highest BCUT2D eigenvalue weighted by Crippen LogP contribution is 2.22. The van der Waals surface area contributed by atoms with E-state index in [9.17, 15) is 19.2 Å². The summed E-state index contributed by atoms with van der Waals surface area (Å²) in [5.74, 6) is -2.61. The highest BCUT2D eigenvalue weighted by Gasteiger charge is 2.36. The van der Waals surface area contributed by atoms with Crippen molar-refractivity contribution in [3.63, 3.8) is 0 Å². The fourth-order valence-electron chi connectivity index (χ4n) is 2.66. The van der Waals surface area contributed by atoms with Gasteiger partial charge in [-0.1, -0.05) is 31.2 Å². The minimum atomic E-state index is -1.08. The minimum Gasteiger partial charge on any atom is -0.478 e. The van der Waals surface area contributed by atoms with E-state index >= 15 is 0 Å². The number of amides is 4. The Kier molecular flexibility index (Phi) is 4.85.